The van der Waals surface area contributed by atoms with Crippen LogP contribution in [0.1, 0.15) is 142 Å². The molecular formula is C52H89FN2O7Si3. The average molecular weight is 958 g/mol. The van der Waals surface area contributed by atoms with Gasteiger partial charge in [0.2, 0.25) is 0 Å². The second-order valence-electron chi connectivity index (χ2n) is 22.0. The zero-order chi connectivity index (χ0) is 48.8. The molecule has 3 heterocycles. The number of cyclic esters (lactones) is 1. The van der Waals surface area contributed by atoms with Crippen molar-refractivity contribution in [3.05, 3.63) is 47.4 Å². The third-order valence-corrected chi connectivity index (χ3v) is 30.6. The molecule has 1 aromatic carbocycles. The first-order valence-corrected chi connectivity index (χ1v) is 33.2. The first-order valence-electron chi connectivity index (χ1n) is 25.2. The number of carbonyl (C=O) groups excluding carboxylic acids is 2. The average Bonchev–Trinajstić information content (AvgIpc) is 3.52. The number of hydrogen-bond donors (Lipinski definition) is 0. The minimum Gasteiger partial charge on any atom is -0.458 e. The maximum absolute atomic E-state index is 15.3. The van der Waals surface area contributed by atoms with Crippen LogP contribution in [0.2, 0.25) is 54.4 Å². The highest BCUT2D eigenvalue weighted by atomic mass is 28.4. The maximum atomic E-state index is 15.3. The minimum atomic E-state index is -2.32. The molecule has 2 aromatic rings. The van der Waals surface area contributed by atoms with Crippen molar-refractivity contribution in [3.63, 3.8) is 0 Å². The lowest BCUT2D eigenvalue weighted by Crippen LogP contribution is -2.53. The number of aromatic nitrogens is 1. The van der Waals surface area contributed by atoms with E-state index in [1.165, 1.54) is 12.1 Å². The van der Waals surface area contributed by atoms with E-state index in [9.17, 15) is 9.18 Å². The lowest BCUT2D eigenvalue weighted by atomic mass is 9.73. The Bertz CT molecular complexity index is 1870. The number of fused-ring (bicyclic) bond motifs is 1. The molecule has 9 nitrogen and oxygen atoms in total. The van der Waals surface area contributed by atoms with Crippen LogP contribution in [0, 0.1) is 23.1 Å². The van der Waals surface area contributed by atoms with E-state index in [1.807, 2.05) is 32.9 Å². The summed E-state index contributed by atoms with van der Waals surface area (Å²) >= 11 is 0. The summed E-state index contributed by atoms with van der Waals surface area (Å²) in [5, 5.41) is 4.45. The number of hydrogen-bond acceptors (Lipinski definition) is 9. The van der Waals surface area contributed by atoms with Gasteiger partial charge in [0.15, 0.2) is 30.7 Å². The molecule has 1 unspecified atom stereocenters. The second kappa shape index (κ2) is 22.4. The van der Waals surface area contributed by atoms with Crippen LogP contribution in [-0.4, -0.2) is 89.8 Å². The van der Waals surface area contributed by atoms with Crippen molar-refractivity contribution in [3.8, 4) is 11.3 Å². The van der Waals surface area contributed by atoms with Crippen LogP contribution in [0.25, 0.3) is 17.4 Å². The molecule has 0 amide bonds. The first-order chi connectivity index (χ1) is 30.3. The molecule has 4 rings (SSSR count). The van der Waals surface area contributed by atoms with Gasteiger partial charge in [-0.15, -0.1) is 0 Å². The summed E-state index contributed by atoms with van der Waals surface area (Å²) < 4.78 is 47.6. The topological polar surface area (TPSA) is 100 Å². The van der Waals surface area contributed by atoms with Crippen LogP contribution in [-0.2, 0) is 27.6 Å². The lowest BCUT2D eigenvalue weighted by molar-refractivity contribution is -0.153. The van der Waals surface area contributed by atoms with Crippen LogP contribution in [0.3, 0.4) is 0 Å². The van der Waals surface area contributed by atoms with Gasteiger partial charge >= 0.3 is 5.97 Å². The van der Waals surface area contributed by atoms with Gasteiger partial charge in [-0.1, -0.05) is 102 Å². The summed E-state index contributed by atoms with van der Waals surface area (Å²) in [5.41, 5.74) is 1.01. The predicted molar refractivity (Wildman–Crippen MR) is 272 cm³/mol. The molecule has 2 aliphatic heterocycles. The Morgan fingerprint density at radius 3 is 2.05 bits per heavy atom. The van der Waals surface area contributed by atoms with E-state index < -0.39 is 42.6 Å². The lowest BCUT2D eigenvalue weighted by Gasteiger charge is -2.44. The van der Waals surface area contributed by atoms with Crippen molar-refractivity contribution in [2.75, 3.05) is 13.2 Å². The highest BCUT2D eigenvalue weighted by molar-refractivity contribution is 6.74. The van der Waals surface area contributed by atoms with Crippen LogP contribution in [0.15, 0.2) is 40.4 Å². The zero-order valence-electron chi connectivity index (χ0n) is 43.8. The highest BCUT2D eigenvalue weighted by Gasteiger charge is 2.59. The third kappa shape index (κ3) is 13.1. The van der Waals surface area contributed by atoms with Gasteiger partial charge < -0.3 is 22.5 Å². The Hall–Kier alpha value is -2.27. The van der Waals surface area contributed by atoms with Gasteiger partial charge in [-0.2, -0.15) is 0 Å². The Morgan fingerprint density at radius 1 is 0.923 bits per heavy atom. The van der Waals surface area contributed by atoms with E-state index in [4.69, 9.17) is 22.5 Å². The number of rotatable bonds is 17. The van der Waals surface area contributed by atoms with Gasteiger partial charge in [0.05, 0.1) is 18.6 Å². The number of Topliss-reactive ketones (excluding diaryl/α,β-unsaturated/α-hetero) is 1. The number of nitrogens with zero attached hydrogens (tertiary/aromatic N) is 2. The maximum Gasteiger partial charge on any atom is 0.309 e. The van der Waals surface area contributed by atoms with Crippen LogP contribution in [0.4, 0.5) is 4.39 Å². The Labute approximate surface area is 397 Å². The molecule has 0 spiro atoms. The molecule has 8 atom stereocenters. The number of halogens is 1. The number of esters is 1. The van der Waals surface area contributed by atoms with Crippen molar-refractivity contribution in [1.82, 2.24) is 10.1 Å². The zero-order valence-corrected chi connectivity index (χ0v) is 46.8. The molecule has 0 N–H and O–H groups in total. The summed E-state index contributed by atoms with van der Waals surface area (Å²) in [4.78, 5) is 32.6. The van der Waals surface area contributed by atoms with E-state index in [1.54, 1.807) is 12.1 Å². The quantitative estimate of drug-likeness (QED) is 0.0872. The standard InChI is InChI=1S/C52H89FN2O7Si3/c1-18-64(19-2,20-3)61-46-36-47(56)59-43(38(8)33-42-34-44(60-54-42)40-26-28-41(53)29-27-40)35-45-52(15,55(45)31-32-58-63(16,17)50(10,11)12)30-24-25-37(7)48(39(9)49(57)51(46,13)14)62-65(21-4,22-5)23-6/h26-29,33-34,37,39,43,45-46,48H,18-25,30-32,35-36H2,1-17H3/b38-33+/t37-,39+,43-,45-,46-,48-,52+,55?/m0/s1. The fourth-order valence-electron chi connectivity index (χ4n) is 10.2. The molecule has 0 aliphatic carbocycles. The van der Waals surface area contributed by atoms with Crippen molar-refractivity contribution in [2.24, 2.45) is 17.3 Å². The molecular weight excluding hydrogens is 868 g/mol. The second-order valence-corrected chi connectivity index (χ2v) is 36.3. The summed E-state index contributed by atoms with van der Waals surface area (Å²) in [6.45, 7) is 38.9. The third-order valence-electron chi connectivity index (χ3n) is 16.8. The smallest absolute Gasteiger partial charge is 0.309 e. The van der Waals surface area contributed by atoms with Crippen molar-refractivity contribution >= 4 is 42.8 Å². The fraction of sp³-hybridized carbons (Fsp3) is 0.750. The van der Waals surface area contributed by atoms with Crippen LogP contribution in [0.5, 0.6) is 0 Å². The predicted octanol–water partition coefficient (Wildman–Crippen LogP) is 13.9. The number of carbonyl (C=O) groups is 2. The van der Waals surface area contributed by atoms with E-state index in [0.717, 1.165) is 73.2 Å². The molecule has 0 bridgehead atoms. The van der Waals surface area contributed by atoms with Crippen molar-refractivity contribution in [2.45, 2.75) is 220 Å². The molecule has 65 heavy (non-hydrogen) atoms. The SMILES string of the molecule is CC[Si](CC)(CC)O[C@H]1[C@@H](C)CCC[C@]2(C)[C@H](C[C@@H](/C(C)=C/c3cc(-c4ccc(F)cc4)on3)OC(=O)C[C@H](O[Si](CC)(CC)CC)C(C)(C)C(=O)[C@@H]1C)N2CCO[Si](C)(C)C(C)(C)C. The van der Waals surface area contributed by atoms with E-state index in [0.29, 0.717) is 24.5 Å². The van der Waals surface area contributed by atoms with Gasteiger partial charge in [0.1, 0.15) is 23.4 Å². The normalized spacial score (nSPS) is 27.9. The Balaban J connectivity index is 1.82. The van der Waals surface area contributed by atoms with Crippen LogP contribution >= 0.6 is 0 Å². The largest absolute Gasteiger partial charge is 0.458 e. The number of ether oxygens (including phenoxy) is 1. The van der Waals surface area contributed by atoms with Gasteiger partial charge in [0, 0.05) is 54.1 Å². The van der Waals surface area contributed by atoms with Crippen molar-refractivity contribution < 1.29 is 36.5 Å². The molecule has 2 aliphatic rings. The van der Waals surface area contributed by atoms with Crippen LogP contribution < -0.4 is 0 Å². The summed E-state index contributed by atoms with van der Waals surface area (Å²) in [6, 6.07) is 13.8. The summed E-state index contributed by atoms with van der Waals surface area (Å²) in [5.74, 6) is -0.317. The number of benzene rings is 1. The van der Waals surface area contributed by atoms with E-state index >= 15 is 4.79 Å². The monoisotopic (exact) mass is 957 g/mol. The summed E-state index contributed by atoms with van der Waals surface area (Å²) in [6.07, 6.45) is 3.89. The molecule has 0 saturated carbocycles. The number of ketones is 1. The van der Waals surface area contributed by atoms with Gasteiger partial charge in [0.25, 0.3) is 0 Å². The van der Waals surface area contributed by atoms with Crippen molar-refractivity contribution in [1.29, 1.82) is 0 Å². The molecule has 13 heteroatoms. The minimum absolute atomic E-state index is 0.0344. The van der Waals surface area contributed by atoms with Gasteiger partial charge in [-0.3, -0.25) is 14.5 Å². The fourth-order valence-corrected chi connectivity index (χ4v) is 17.2. The molecule has 1 aromatic heterocycles. The van der Waals surface area contributed by atoms with E-state index in [2.05, 4.69) is 106 Å². The Morgan fingerprint density at radius 2 is 1.49 bits per heavy atom. The molecule has 368 valence electrons. The van der Waals surface area contributed by atoms with E-state index in [-0.39, 0.29) is 58.5 Å². The molecule has 2 saturated heterocycles. The summed E-state index contributed by atoms with van der Waals surface area (Å²) in [7, 11) is -6.41. The van der Waals surface area contributed by atoms with Gasteiger partial charge in [-0.05, 0) is 123 Å². The van der Waals surface area contributed by atoms with Gasteiger partial charge in [-0.25, -0.2) is 4.39 Å². The highest BCUT2D eigenvalue weighted by Crippen LogP contribution is 2.49. The Kier molecular flexibility index (Phi) is 19.1. The molecule has 0 radical (unpaired) electrons. The first kappa shape index (κ1) is 55.3. The molecule has 2 fully saturated rings.